The van der Waals surface area contributed by atoms with Gasteiger partial charge in [-0.3, -0.25) is 9.48 Å². The van der Waals surface area contributed by atoms with Gasteiger partial charge in [0.1, 0.15) is 0 Å². The fraction of sp³-hybridized carbons (Fsp3) is 0.353. The van der Waals surface area contributed by atoms with Crippen LogP contribution >= 0.6 is 11.3 Å². The molecular formula is C17H19N5O4S. The van der Waals surface area contributed by atoms with E-state index in [-0.39, 0.29) is 12.3 Å². The number of amides is 1. The highest BCUT2D eigenvalue weighted by atomic mass is 32.1. The third kappa shape index (κ3) is 4.40. The Bertz CT molecular complexity index is 929. The molecule has 1 amide bonds. The second kappa shape index (κ2) is 7.70. The molecule has 10 heteroatoms. The Morgan fingerprint density at radius 2 is 2.22 bits per heavy atom. The Hall–Kier alpha value is -3.01. The molecule has 3 rings (SSSR count). The summed E-state index contributed by atoms with van der Waals surface area (Å²) in [7, 11) is 0. The minimum absolute atomic E-state index is 0.194. The first-order chi connectivity index (χ1) is 12.9. The molecule has 3 aromatic heterocycles. The predicted octanol–water partition coefficient (Wildman–Crippen LogP) is 2.78. The number of carboxylic acids is 1. The van der Waals surface area contributed by atoms with Crippen LogP contribution in [0.3, 0.4) is 0 Å². The van der Waals surface area contributed by atoms with E-state index in [1.165, 1.54) is 42.3 Å². The summed E-state index contributed by atoms with van der Waals surface area (Å²) in [5.41, 5.74) is -0.742. The van der Waals surface area contributed by atoms with E-state index in [4.69, 9.17) is 4.52 Å². The monoisotopic (exact) mass is 389 g/mol. The highest BCUT2D eigenvalue weighted by Gasteiger charge is 2.30. The maximum atomic E-state index is 12.1. The predicted molar refractivity (Wildman–Crippen MR) is 98.4 cm³/mol. The number of carbonyl (C=O) groups excluding carboxylic acids is 1. The van der Waals surface area contributed by atoms with Gasteiger partial charge in [-0.1, -0.05) is 11.2 Å². The van der Waals surface area contributed by atoms with Crippen LogP contribution in [0.25, 0.3) is 10.7 Å². The molecule has 0 aliphatic carbocycles. The number of aromatic nitrogens is 4. The fourth-order valence-electron chi connectivity index (χ4n) is 2.28. The van der Waals surface area contributed by atoms with Crippen LogP contribution in [0, 0.1) is 0 Å². The van der Waals surface area contributed by atoms with Gasteiger partial charge in [0.2, 0.25) is 17.6 Å². The molecule has 9 nitrogen and oxygen atoms in total. The minimum Gasteiger partial charge on any atom is -0.479 e. The van der Waals surface area contributed by atoms with Crippen molar-refractivity contribution in [2.45, 2.75) is 38.6 Å². The fourth-order valence-corrected chi connectivity index (χ4v) is 2.93. The molecule has 0 bridgehead atoms. The minimum atomic E-state index is -1.19. The van der Waals surface area contributed by atoms with Gasteiger partial charge in [-0.25, -0.2) is 4.79 Å². The van der Waals surface area contributed by atoms with Crippen LogP contribution in [-0.2, 0) is 21.5 Å². The van der Waals surface area contributed by atoms with Crippen molar-refractivity contribution >= 4 is 28.9 Å². The van der Waals surface area contributed by atoms with Crippen LogP contribution < -0.4 is 5.32 Å². The molecule has 0 spiro atoms. The summed E-state index contributed by atoms with van der Waals surface area (Å²) in [5, 5.41) is 21.8. The summed E-state index contributed by atoms with van der Waals surface area (Å²) >= 11 is 1.53. The van der Waals surface area contributed by atoms with E-state index in [1.807, 2.05) is 17.5 Å². The zero-order valence-electron chi connectivity index (χ0n) is 14.9. The van der Waals surface area contributed by atoms with E-state index in [0.29, 0.717) is 30.2 Å². The van der Waals surface area contributed by atoms with E-state index in [0.717, 1.165) is 4.88 Å². The number of nitrogens with zero attached hydrogens (tertiary/aromatic N) is 4. The SMILES string of the molecule is CC(C)(C(=O)O)n1cc(NC(=O)CCCc2nc(-c3cccs3)no2)cn1. The van der Waals surface area contributed by atoms with Gasteiger partial charge in [-0.05, 0) is 31.7 Å². The quantitative estimate of drug-likeness (QED) is 0.607. The second-order valence-electron chi connectivity index (χ2n) is 6.43. The lowest BCUT2D eigenvalue weighted by Gasteiger charge is -2.19. The molecule has 3 heterocycles. The van der Waals surface area contributed by atoms with E-state index in [2.05, 4.69) is 20.6 Å². The topological polar surface area (TPSA) is 123 Å². The van der Waals surface area contributed by atoms with Gasteiger partial charge >= 0.3 is 5.97 Å². The number of hydrogen-bond acceptors (Lipinski definition) is 7. The van der Waals surface area contributed by atoms with Gasteiger partial charge in [-0.2, -0.15) is 10.1 Å². The third-order valence-electron chi connectivity index (χ3n) is 3.97. The molecule has 0 aliphatic heterocycles. The molecule has 0 fully saturated rings. The molecule has 0 saturated heterocycles. The summed E-state index contributed by atoms with van der Waals surface area (Å²) in [4.78, 5) is 28.5. The number of carboxylic acid groups (broad SMARTS) is 1. The van der Waals surface area contributed by atoms with E-state index < -0.39 is 11.5 Å². The molecule has 142 valence electrons. The normalized spacial score (nSPS) is 11.5. The lowest BCUT2D eigenvalue weighted by Crippen LogP contribution is -2.35. The smallest absolute Gasteiger partial charge is 0.331 e. The Morgan fingerprint density at radius 1 is 1.41 bits per heavy atom. The highest BCUT2D eigenvalue weighted by Crippen LogP contribution is 2.22. The van der Waals surface area contributed by atoms with Crippen molar-refractivity contribution in [3.05, 3.63) is 35.8 Å². The van der Waals surface area contributed by atoms with Crippen LogP contribution in [0.15, 0.2) is 34.4 Å². The number of thiophene rings is 1. The number of rotatable bonds is 8. The molecule has 0 aliphatic rings. The average Bonchev–Trinajstić information content (AvgIpc) is 3.36. The van der Waals surface area contributed by atoms with Crippen molar-refractivity contribution < 1.29 is 19.2 Å². The summed E-state index contributed by atoms with van der Waals surface area (Å²) in [6.45, 7) is 3.06. The zero-order chi connectivity index (χ0) is 19.4. The van der Waals surface area contributed by atoms with E-state index in [1.54, 1.807) is 0 Å². The van der Waals surface area contributed by atoms with E-state index in [9.17, 15) is 14.7 Å². The van der Waals surface area contributed by atoms with Gasteiger partial charge < -0.3 is 14.9 Å². The van der Waals surface area contributed by atoms with Crippen molar-refractivity contribution in [2.24, 2.45) is 0 Å². The molecule has 0 atom stereocenters. The lowest BCUT2D eigenvalue weighted by atomic mass is 10.1. The number of hydrogen-bond donors (Lipinski definition) is 2. The summed E-state index contributed by atoms with van der Waals surface area (Å²) in [5.74, 6) is -0.161. The molecule has 0 radical (unpaired) electrons. The van der Waals surface area contributed by atoms with Crippen molar-refractivity contribution in [3.63, 3.8) is 0 Å². The molecular weight excluding hydrogens is 370 g/mol. The summed E-state index contributed by atoms with van der Waals surface area (Å²) in [6, 6.07) is 3.83. The first-order valence-electron chi connectivity index (χ1n) is 8.31. The number of aryl methyl sites for hydroxylation is 1. The van der Waals surface area contributed by atoms with Crippen LogP contribution in [0.4, 0.5) is 5.69 Å². The van der Waals surface area contributed by atoms with Gasteiger partial charge in [0.05, 0.1) is 16.8 Å². The van der Waals surface area contributed by atoms with Crippen LogP contribution in [0.2, 0.25) is 0 Å². The molecule has 27 heavy (non-hydrogen) atoms. The largest absolute Gasteiger partial charge is 0.479 e. The molecule has 3 aromatic rings. The average molecular weight is 389 g/mol. The number of anilines is 1. The van der Waals surface area contributed by atoms with Gasteiger partial charge in [0.15, 0.2) is 5.54 Å². The Morgan fingerprint density at radius 3 is 2.93 bits per heavy atom. The summed E-state index contributed by atoms with van der Waals surface area (Å²) in [6.07, 6.45) is 4.24. The Kier molecular flexibility index (Phi) is 5.36. The lowest BCUT2D eigenvalue weighted by molar-refractivity contribution is -0.146. The highest BCUT2D eigenvalue weighted by molar-refractivity contribution is 7.13. The van der Waals surface area contributed by atoms with Crippen molar-refractivity contribution in [1.82, 2.24) is 19.9 Å². The van der Waals surface area contributed by atoms with Crippen molar-refractivity contribution in [2.75, 3.05) is 5.32 Å². The Labute approximate surface area is 159 Å². The number of nitrogens with one attached hydrogen (secondary N) is 1. The van der Waals surface area contributed by atoms with Crippen molar-refractivity contribution in [3.8, 4) is 10.7 Å². The molecule has 0 saturated carbocycles. The number of carbonyl (C=O) groups is 2. The van der Waals surface area contributed by atoms with Crippen LogP contribution in [0.1, 0.15) is 32.6 Å². The molecule has 0 unspecified atom stereocenters. The number of aliphatic carboxylic acids is 1. The van der Waals surface area contributed by atoms with Crippen LogP contribution in [0.5, 0.6) is 0 Å². The summed E-state index contributed by atoms with van der Waals surface area (Å²) < 4.78 is 6.50. The Balaban J connectivity index is 1.48. The van der Waals surface area contributed by atoms with Crippen molar-refractivity contribution in [1.29, 1.82) is 0 Å². The van der Waals surface area contributed by atoms with Gasteiger partial charge in [-0.15, -0.1) is 11.3 Å². The van der Waals surface area contributed by atoms with Crippen LogP contribution in [-0.4, -0.2) is 36.9 Å². The van der Waals surface area contributed by atoms with E-state index >= 15 is 0 Å². The maximum absolute atomic E-state index is 12.1. The van der Waals surface area contributed by atoms with Gasteiger partial charge in [0, 0.05) is 19.0 Å². The van der Waals surface area contributed by atoms with Gasteiger partial charge in [0.25, 0.3) is 0 Å². The second-order valence-corrected chi connectivity index (χ2v) is 7.38. The molecule has 0 aromatic carbocycles. The standard InChI is InChI=1S/C17H19N5O4S/c1-17(2,16(24)25)22-10-11(9-18-22)19-13(23)6-3-7-14-20-15(21-26-14)12-5-4-8-27-12/h4-5,8-10H,3,6-7H2,1-2H3,(H,19,23)(H,24,25). The zero-order valence-corrected chi connectivity index (χ0v) is 15.7. The first kappa shape index (κ1) is 18.8. The maximum Gasteiger partial charge on any atom is 0.331 e. The first-order valence-corrected chi connectivity index (χ1v) is 9.19. The molecule has 2 N–H and O–H groups in total. The third-order valence-corrected chi connectivity index (χ3v) is 4.83.